The van der Waals surface area contributed by atoms with E-state index in [9.17, 15) is 9.90 Å². The molecule has 0 radical (unpaired) electrons. The number of hydrogen-bond acceptors (Lipinski definition) is 4. The molecule has 8 heteroatoms. The number of halogens is 1. The first-order valence-corrected chi connectivity index (χ1v) is 7.06. The molecule has 0 unspecified atom stereocenters. The SMILES string of the molecule is CCNC(=NCc1cc(OC)ccc1O)NCC(=O)N(C)C.I. The van der Waals surface area contributed by atoms with Crippen molar-refractivity contribution >= 4 is 35.8 Å². The molecule has 0 aliphatic rings. The summed E-state index contributed by atoms with van der Waals surface area (Å²) in [5, 5.41) is 15.8. The normalized spacial score (nSPS) is 10.5. The number of aromatic hydroxyl groups is 1. The number of carbonyl (C=O) groups is 1. The Kier molecular flexibility index (Phi) is 10.1. The van der Waals surface area contributed by atoms with E-state index in [-0.39, 0.29) is 48.7 Å². The molecule has 3 N–H and O–H groups in total. The molecule has 23 heavy (non-hydrogen) atoms. The Morgan fingerprint density at radius 3 is 2.61 bits per heavy atom. The van der Waals surface area contributed by atoms with Crippen LogP contribution in [0.2, 0.25) is 0 Å². The number of ether oxygens (including phenoxy) is 1. The monoisotopic (exact) mass is 436 g/mol. The van der Waals surface area contributed by atoms with Crippen molar-refractivity contribution < 1.29 is 14.6 Å². The van der Waals surface area contributed by atoms with Gasteiger partial charge in [-0.25, -0.2) is 4.99 Å². The summed E-state index contributed by atoms with van der Waals surface area (Å²) in [6.07, 6.45) is 0. The largest absolute Gasteiger partial charge is 0.508 e. The fourth-order valence-corrected chi connectivity index (χ4v) is 1.64. The highest BCUT2D eigenvalue weighted by molar-refractivity contribution is 14.0. The number of benzene rings is 1. The molecule has 0 saturated carbocycles. The third kappa shape index (κ3) is 7.40. The van der Waals surface area contributed by atoms with Crippen LogP contribution in [0.1, 0.15) is 12.5 Å². The number of carbonyl (C=O) groups excluding carboxylic acids is 1. The fraction of sp³-hybridized carbons (Fsp3) is 0.467. The zero-order valence-electron chi connectivity index (χ0n) is 13.9. The second kappa shape index (κ2) is 10.9. The highest BCUT2D eigenvalue weighted by atomic mass is 127. The minimum Gasteiger partial charge on any atom is -0.508 e. The van der Waals surface area contributed by atoms with Crippen molar-refractivity contribution in [3.8, 4) is 11.5 Å². The summed E-state index contributed by atoms with van der Waals surface area (Å²) in [6.45, 7) is 3.04. The Morgan fingerprint density at radius 2 is 2.04 bits per heavy atom. The average Bonchev–Trinajstić information content (AvgIpc) is 2.50. The van der Waals surface area contributed by atoms with Gasteiger partial charge in [-0.2, -0.15) is 0 Å². The predicted octanol–water partition coefficient (Wildman–Crippen LogP) is 1.16. The number of aliphatic imine (C=N–C) groups is 1. The second-order valence-corrected chi connectivity index (χ2v) is 4.83. The molecule has 0 bridgehead atoms. The smallest absolute Gasteiger partial charge is 0.241 e. The van der Waals surface area contributed by atoms with E-state index in [4.69, 9.17) is 4.74 Å². The van der Waals surface area contributed by atoms with Crippen molar-refractivity contribution in [3.05, 3.63) is 23.8 Å². The van der Waals surface area contributed by atoms with Gasteiger partial charge in [0.1, 0.15) is 11.5 Å². The van der Waals surface area contributed by atoms with E-state index in [2.05, 4.69) is 15.6 Å². The average molecular weight is 436 g/mol. The molecule has 1 amide bonds. The van der Waals surface area contributed by atoms with Crippen LogP contribution in [0.15, 0.2) is 23.2 Å². The first-order valence-electron chi connectivity index (χ1n) is 7.06. The van der Waals surface area contributed by atoms with Crippen LogP contribution < -0.4 is 15.4 Å². The van der Waals surface area contributed by atoms with Gasteiger partial charge in [0.2, 0.25) is 5.91 Å². The van der Waals surface area contributed by atoms with E-state index >= 15 is 0 Å². The molecule has 1 rings (SSSR count). The Hall–Kier alpha value is -1.71. The summed E-state index contributed by atoms with van der Waals surface area (Å²) < 4.78 is 5.13. The Balaban J connectivity index is 0.00000484. The summed E-state index contributed by atoms with van der Waals surface area (Å²) >= 11 is 0. The summed E-state index contributed by atoms with van der Waals surface area (Å²) in [7, 11) is 4.96. The van der Waals surface area contributed by atoms with E-state index in [1.54, 1.807) is 39.4 Å². The maximum absolute atomic E-state index is 11.6. The molecular weight excluding hydrogens is 411 g/mol. The lowest BCUT2D eigenvalue weighted by Crippen LogP contribution is -2.42. The van der Waals surface area contributed by atoms with Crippen LogP contribution in [0, 0.1) is 0 Å². The van der Waals surface area contributed by atoms with Gasteiger partial charge in [0, 0.05) is 26.2 Å². The number of hydrogen-bond donors (Lipinski definition) is 3. The van der Waals surface area contributed by atoms with Crippen LogP contribution in [0.4, 0.5) is 0 Å². The van der Waals surface area contributed by atoms with Crippen molar-refractivity contribution in [1.29, 1.82) is 0 Å². The molecule has 0 heterocycles. The van der Waals surface area contributed by atoms with Gasteiger partial charge in [-0.1, -0.05) is 0 Å². The lowest BCUT2D eigenvalue weighted by Gasteiger charge is -2.14. The highest BCUT2D eigenvalue weighted by Gasteiger charge is 2.07. The summed E-state index contributed by atoms with van der Waals surface area (Å²) in [5.74, 6) is 1.28. The van der Waals surface area contributed by atoms with Crippen molar-refractivity contribution in [2.45, 2.75) is 13.5 Å². The topological polar surface area (TPSA) is 86.2 Å². The van der Waals surface area contributed by atoms with Gasteiger partial charge >= 0.3 is 0 Å². The summed E-state index contributed by atoms with van der Waals surface area (Å²) in [5.41, 5.74) is 0.649. The lowest BCUT2D eigenvalue weighted by atomic mass is 10.2. The van der Waals surface area contributed by atoms with Crippen LogP contribution in [0.25, 0.3) is 0 Å². The molecule has 7 nitrogen and oxygen atoms in total. The van der Waals surface area contributed by atoms with Gasteiger partial charge < -0.3 is 25.4 Å². The number of phenols is 1. The molecule has 0 saturated heterocycles. The molecule has 0 aliphatic carbocycles. The second-order valence-electron chi connectivity index (χ2n) is 4.83. The number of likely N-dealkylation sites (N-methyl/N-ethyl adjacent to an activating group) is 1. The Morgan fingerprint density at radius 1 is 1.35 bits per heavy atom. The maximum atomic E-state index is 11.6. The van der Waals surface area contributed by atoms with Crippen LogP contribution in [-0.4, -0.2) is 56.2 Å². The van der Waals surface area contributed by atoms with E-state index in [1.165, 1.54) is 4.90 Å². The standard InChI is InChI=1S/C15H24N4O3.HI/c1-5-16-15(18-10-14(21)19(2)3)17-9-11-8-12(22-4)6-7-13(11)20;/h6-8,20H,5,9-10H2,1-4H3,(H2,16,17,18);1H. The van der Waals surface area contributed by atoms with Crippen molar-refractivity contribution in [1.82, 2.24) is 15.5 Å². The van der Waals surface area contributed by atoms with Gasteiger partial charge in [0.05, 0.1) is 20.2 Å². The number of guanidine groups is 1. The third-order valence-corrected chi connectivity index (χ3v) is 2.94. The van der Waals surface area contributed by atoms with Gasteiger partial charge in [-0.3, -0.25) is 4.79 Å². The van der Waals surface area contributed by atoms with Gasteiger partial charge in [0.25, 0.3) is 0 Å². The number of nitrogens with one attached hydrogen (secondary N) is 2. The van der Waals surface area contributed by atoms with E-state index in [0.29, 0.717) is 23.8 Å². The molecule has 1 aromatic rings. The first-order chi connectivity index (χ1) is 10.5. The van der Waals surface area contributed by atoms with Crippen LogP contribution in [0.5, 0.6) is 11.5 Å². The number of amides is 1. The predicted molar refractivity (Wildman–Crippen MR) is 102 cm³/mol. The van der Waals surface area contributed by atoms with Crippen molar-refractivity contribution in [2.75, 3.05) is 34.3 Å². The van der Waals surface area contributed by atoms with Crippen LogP contribution in [0.3, 0.4) is 0 Å². The molecule has 130 valence electrons. The fourth-order valence-electron chi connectivity index (χ4n) is 1.64. The molecule has 0 aromatic heterocycles. The molecule has 0 atom stereocenters. The Labute approximate surface area is 154 Å². The molecule has 0 aliphatic heterocycles. The maximum Gasteiger partial charge on any atom is 0.241 e. The minimum atomic E-state index is -0.0465. The van der Waals surface area contributed by atoms with E-state index in [1.807, 2.05) is 6.92 Å². The highest BCUT2D eigenvalue weighted by Crippen LogP contribution is 2.23. The van der Waals surface area contributed by atoms with Gasteiger partial charge in [0.15, 0.2) is 5.96 Å². The lowest BCUT2D eigenvalue weighted by molar-refractivity contribution is -0.127. The molecule has 0 spiro atoms. The van der Waals surface area contributed by atoms with Gasteiger partial charge in [-0.15, -0.1) is 24.0 Å². The van der Waals surface area contributed by atoms with Crippen LogP contribution in [-0.2, 0) is 11.3 Å². The van der Waals surface area contributed by atoms with Crippen LogP contribution >= 0.6 is 24.0 Å². The summed E-state index contributed by atoms with van der Waals surface area (Å²) in [6, 6.07) is 4.98. The minimum absolute atomic E-state index is 0. The molecular formula is C15H25IN4O3. The molecule has 0 fully saturated rings. The Bertz CT molecular complexity index is 535. The molecule has 1 aromatic carbocycles. The van der Waals surface area contributed by atoms with E-state index in [0.717, 1.165) is 0 Å². The number of nitrogens with zero attached hydrogens (tertiary/aromatic N) is 2. The van der Waals surface area contributed by atoms with Crippen molar-refractivity contribution in [3.63, 3.8) is 0 Å². The third-order valence-electron chi connectivity index (χ3n) is 2.94. The zero-order chi connectivity index (χ0) is 16.5. The number of phenolic OH excluding ortho intramolecular Hbond substituents is 1. The summed E-state index contributed by atoms with van der Waals surface area (Å²) in [4.78, 5) is 17.5. The number of rotatable bonds is 6. The first kappa shape index (κ1) is 21.3. The number of methoxy groups -OCH3 is 1. The quantitative estimate of drug-likeness (QED) is 0.354. The van der Waals surface area contributed by atoms with E-state index < -0.39 is 0 Å². The van der Waals surface area contributed by atoms with Gasteiger partial charge in [-0.05, 0) is 25.1 Å². The van der Waals surface area contributed by atoms with Crippen molar-refractivity contribution in [2.24, 2.45) is 4.99 Å². The zero-order valence-corrected chi connectivity index (χ0v) is 16.3.